The molecule has 438 valence electrons. The summed E-state index contributed by atoms with van der Waals surface area (Å²) in [6.45, 7) is 14.1. The molecule has 0 aliphatic heterocycles. The van der Waals surface area contributed by atoms with Crippen molar-refractivity contribution in [1.82, 2.24) is 8.80 Å². The number of para-hydroxylation sites is 2. The Bertz CT molecular complexity index is 5840. The zero-order valence-electron chi connectivity index (χ0n) is 52.0. The van der Waals surface area contributed by atoms with Gasteiger partial charge in [-0.15, -0.1) is 22.7 Å². The summed E-state index contributed by atoms with van der Waals surface area (Å²) in [5, 5.41) is 15.0. The molecule has 0 saturated carbocycles. The van der Waals surface area contributed by atoms with Gasteiger partial charge in [0, 0.05) is 94.6 Å². The summed E-state index contributed by atoms with van der Waals surface area (Å²) in [4.78, 5) is 5.20. The Labute approximate surface area is 541 Å². The molecule has 0 unspecified atom stereocenters. The largest absolute Gasteiger partial charge is 0.308 e. The Morgan fingerprint density at radius 1 is 0.261 bits per heavy atom. The fraction of sp³-hybridized carbons (Fsp3) is 0.0930. The number of rotatable bonds is 8. The van der Waals surface area contributed by atoms with Crippen LogP contribution in [0.4, 0.5) is 34.1 Å². The Kier molecular flexibility index (Phi) is 11.3. The first-order chi connectivity index (χ1) is 44.9. The van der Waals surface area contributed by atoms with Gasteiger partial charge in [0.1, 0.15) is 0 Å². The van der Waals surface area contributed by atoms with Crippen molar-refractivity contribution in [3.05, 3.63) is 278 Å². The minimum Gasteiger partial charge on any atom is -0.308 e. The number of hydrogen-bond donors (Lipinski definition) is 0. The van der Waals surface area contributed by atoms with Crippen LogP contribution in [0, 0.1) is 0 Å². The van der Waals surface area contributed by atoms with E-state index in [0.717, 1.165) is 34.1 Å². The maximum absolute atomic E-state index is 2.62. The first kappa shape index (κ1) is 53.3. The lowest BCUT2D eigenvalue weighted by Gasteiger charge is -2.29. The van der Waals surface area contributed by atoms with E-state index in [2.05, 4.69) is 327 Å². The molecule has 0 atom stereocenters. The van der Waals surface area contributed by atoms with Crippen LogP contribution in [0.25, 0.3) is 139 Å². The molecule has 13 aromatic carbocycles. The maximum atomic E-state index is 2.62. The van der Waals surface area contributed by atoms with Gasteiger partial charge in [-0.25, -0.2) is 0 Å². The number of anilines is 6. The van der Waals surface area contributed by atoms with E-state index in [9.17, 15) is 0 Å². The second-order valence-electron chi connectivity index (χ2n) is 27.2. The van der Waals surface area contributed by atoms with Gasteiger partial charge < -0.3 is 18.6 Å². The van der Waals surface area contributed by atoms with E-state index in [1.807, 2.05) is 22.7 Å². The molecule has 6 aromatic heterocycles. The highest BCUT2D eigenvalue weighted by Gasteiger charge is 2.32. The zero-order chi connectivity index (χ0) is 61.5. The predicted octanol–water partition coefficient (Wildman–Crippen LogP) is 25.6. The average molecular weight is 1220 g/mol. The van der Waals surface area contributed by atoms with Crippen LogP contribution in [0.2, 0.25) is 0 Å². The van der Waals surface area contributed by atoms with Crippen LogP contribution >= 0.6 is 22.7 Å². The maximum Gasteiger partial charge on any atom is 0.0641 e. The van der Waals surface area contributed by atoms with Gasteiger partial charge in [0.05, 0.1) is 67.2 Å². The summed E-state index contributed by atoms with van der Waals surface area (Å²) in [5.41, 5.74) is 21.4. The molecule has 6 heterocycles. The van der Waals surface area contributed by atoms with E-state index < -0.39 is 0 Å². The van der Waals surface area contributed by atoms with E-state index in [0.29, 0.717) is 0 Å². The molecule has 0 N–H and O–H groups in total. The van der Waals surface area contributed by atoms with Gasteiger partial charge in [-0.3, -0.25) is 0 Å². The molecular formula is C86H62N4S2. The number of fused-ring (bicyclic) bond motifs is 18. The summed E-state index contributed by atoms with van der Waals surface area (Å²) in [5.74, 6) is 0. The molecule has 0 aliphatic carbocycles. The van der Waals surface area contributed by atoms with Gasteiger partial charge in [0.2, 0.25) is 0 Å². The third-order valence-corrected chi connectivity index (χ3v) is 22.1. The topological polar surface area (TPSA) is 15.3 Å². The fourth-order valence-electron chi connectivity index (χ4n) is 15.6. The number of benzene rings is 13. The zero-order valence-corrected chi connectivity index (χ0v) is 53.6. The second kappa shape index (κ2) is 19.5. The summed E-state index contributed by atoms with van der Waals surface area (Å²) < 4.78 is 10.4. The molecule has 0 spiro atoms. The first-order valence-corrected chi connectivity index (χ1v) is 33.7. The van der Waals surface area contributed by atoms with E-state index >= 15 is 0 Å². The molecule has 0 radical (unpaired) electrons. The normalized spacial score (nSPS) is 12.7. The van der Waals surface area contributed by atoms with Crippen LogP contribution in [0.15, 0.2) is 267 Å². The van der Waals surface area contributed by atoms with Crippen LogP contribution in [-0.4, -0.2) is 8.80 Å². The van der Waals surface area contributed by atoms with Crippen LogP contribution in [0.3, 0.4) is 0 Å². The lowest BCUT2D eigenvalue weighted by Crippen LogP contribution is -2.12. The van der Waals surface area contributed by atoms with Crippen molar-refractivity contribution in [2.75, 3.05) is 9.80 Å². The van der Waals surface area contributed by atoms with Crippen molar-refractivity contribution < 1.29 is 0 Å². The highest BCUT2D eigenvalue weighted by Crippen LogP contribution is 2.56. The molecule has 6 heteroatoms. The first-order valence-electron chi connectivity index (χ1n) is 32.1. The Hall–Kier alpha value is -10.5. The smallest absolute Gasteiger partial charge is 0.0641 e. The van der Waals surface area contributed by atoms with Crippen molar-refractivity contribution in [1.29, 1.82) is 0 Å². The van der Waals surface area contributed by atoms with E-state index in [4.69, 9.17) is 0 Å². The van der Waals surface area contributed by atoms with Gasteiger partial charge in [-0.2, -0.15) is 0 Å². The van der Waals surface area contributed by atoms with Crippen LogP contribution in [0.5, 0.6) is 0 Å². The van der Waals surface area contributed by atoms with Gasteiger partial charge in [-0.05, 0) is 130 Å². The summed E-state index contributed by atoms with van der Waals surface area (Å²) in [6, 6.07) is 101. The molecule has 19 aromatic rings. The minimum atomic E-state index is -0.0886. The summed E-state index contributed by atoms with van der Waals surface area (Å²) in [7, 11) is 0. The summed E-state index contributed by atoms with van der Waals surface area (Å²) >= 11 is 3.75. The van der Waals surface area contributed by atoms with Crippen molar-refractivity contribution in [2.24, 2.45) is 0 Å². The molecule has 4 nitrogen and oxygen atoms in total. The van der Waals surface area contributed by atoms with Gasteiger partial charge in [-0.1, -0.05) is 211 Å². The van der Waals surface area contributed by atoms with Gasteiger partial charge in [0.15, 0.2) is 0 Å². The van der Waals surface area contributed by atoms with Crippen molar-refractivity contribution in [2.45, 2.75) is 52.4 Å². The highest BCUT2D eigenvalue weighted by atomic mass is 32.1. The van der Waals surface area contributed by atoms with Crippen LogP contribution in [0.1, 0.15) is 52.7 Å². The molecule has 0 bridgehead atoms. The molecule has 92 heavy (non-hydrogen) atoms. The average Bonchev–Trinajstić information content (AvgIpc) is 1.51. The Balaban J connectivity index is 0.931. The predicted molar refractivity (Wildman–Crippen MR) is 399 cm³/mol. The SMILES string of the molecule is CC(C)(C)c1ccc2c(c1)c1c(N(c3ccccc3-c3ccccc3)c3cccc4sc5ccccc5c34)ccc3c4cc5c(cc4n2c31)c1ccc(N(c2ccccc2-c2ccccc2)c2cccc3sc4ccccc4c23)c2c3cc(C(C)(C)C)ccc3n5c12. The monoisotopic (exact) mass is 1210 g/mol. The lowest BCUT2D eigenvalue weighted by atomic mass is 9.86. The summed E-state index contributed by atoms with van der Waals surface area (Å²) in [6.07, 6.45) is 0. The highest BCUT2D eigenvalue weighted by molar-refractivity contribution is 7.26. The van der Waals surface area contributed by atoms with Crippen LogP contribution < -0.4 is 9.80 Å². The van der Waals surface area contributed by atoms with E-state index in [-0.39, 0.29) is 10.8 Å². The molecule has 0 fully saturated rings. The number of hydrogen-bond acceptors (Lipinski definition) is 4. The molecule has 0 aliphatic rings. The standard InChI is InChI=1S/C86H62N4S2/c1-85(2,3)53-39-43-67-63(47-53)81-71(87(65-31-17-13-27-55(65)51-23-9-7-10-24-51)69-33-21-37-77-79(69)59-29-15-19-35-75(59)91-77)45-41-57-61-50-74-62(49-73(61)89(67)83(57)81)58-42-46-72(82-64-48-54(86(4,5)6)40-44-68(64)90(74)84(58)82)88(66-32-18-14-28-56(66)52-25-11-8-12-26-52)70-34-22-38-78-80(70)60-30-16-20-36-76(60)92-78/h7-50H,1-6H3. The van der Waals surface area contributed by atoms with Crippen molar-refractivity contribution in [3.8, 4) is 22.3 Å². The molecule has 19 rings (SSSR count). The van der Waals surface area contributed by atoms with Crippen molar-refractivity contribution >= 4 is 173 Å². The fourth-order valence-corrected chi connectivity index (χ4v) is 17.9. The third-order valence-electron chi connectivity index (χ3n) is 19.9. The minimum absolute atomic E-state index is 0.0886. The van der Waals surface area contributed by atoms with Gasteiger partial charge >= 0.3 is 0 Å². The molecule has 0 saturated heterocycles. The van der Waals surface area contributed by atoms with Crippen molar-refractivity contribution in [3.63, 3.8) is 0 Å². The lowest BCUT2D eigenvalue weighted by molar-refractivity contribution is 0.591. The second-order valence-corrected chi connectivity index (χ2v) is 29.3. The molecule has 0 amide bonds. The number of nitrogens with zero attached hydrogens (tertiary/aromatic N) is 4. The third kappa shape index (κ3) is 7.62. The van der Waals surface area contributed by atoms with E-state index in [1.54, 1.807) is 0 Å². The quantitative estimate of drug-likeness (QED) is 0.151. The van der Waals surface area contributed by atoms with Crippen LogP contribution in [-0.2, 0) is 10.8 Å². The Morgan fingerprint density at radius 2 is 0.630 bits per heavy atom. The molecular weight excluding hydrogens is 1150 g/mol. The van der Waals surface area contributed by atoms with Gasteiger partial charge in [0.25, 0.3) is 0 Å². The number of aromatic nitrogens is 2. The van der Waals surface area contributed by atoms with E-state index in [1.165, 1.54) is 150 Å². The Morgan fingerprint density at radius 3 is 1.07 bits per heavy atom. The number of thiophene rings is 2.